The molecule has 2 heterocycles. The number of carbonyl (C=O) groups excluding carboxylic acids is 3. The summed E-state index contributed by atoms with van der Waals surface area (Å²) in [6.07, 6.45) is 1.84. The number of benzene rings is 3. The van der Waals surface area contributed by atoms with Crippen LogP contribution in [-0.4, -0.2) is 76.8 Å². The van der Waals surface area contributed by atoms with Gasteiger partial charge in [0.05, 0.1) is 49.1 Å². The van der Waals surface area contributed by atoms with E-state index < -0.39 is 39.7 Å². The summed E-state index contributed by atoms with van der Waals surface area (Å²) in [5, 5.41) is 18.3. The molecule has 0 unspecified atom stereocenters. The van der Waals surface area contributed by atoms with Crippen LogP contribution >= 0.6 is 11.6 Å². The van der Waals surface area contributed by atoms with Crippen molar-refractivity contribution in [2.45, 2.75) is 86.3 Å². The first-order valence-electron chi connectivity index (χ1n) is 19.7. The Morgan fingerprint density at radius 3 is 2.17 bits per heavy atom. The van der Waals surface area contributed by atoms with Gasteiger partial charge in [0.2, 0.25) is 0 Å². The lowest BCUT2D eigenvalue weighted by atomic mass is 9.98. The number of methoxy groups -OCH3 is 2. The first kappa shape index (κ1) is 45.4. The lowest BCUT2D eigenvalue weighted by Gasteiger charge is -2.21. The summed E-state index contributed by atoms with van der Waals surface area (Å²) in [5.74, 6) is -1.64. The van der Waals surface area contributed by atoms with Crippen LogP contribution in [0.15, 0.2) is 42.5 Å². The predicted octanol–water partition coefficient (Wildman–Crippen LogP) is 9.03. The number of para-hydroxylation sites is 1. The quantitative estimate of drug-likeness (QED) is 0.0289. The van der Waals surface area contributed by atoms with Gasteiger partial charge < -0.3 is 28.3 Å². The van der Waals surface area contributed by atoms with E-state index in [-0.39, 0.29) is 25.2 Å². The van der Waals surface area contributed by atoms with E-state index in [0.29, 0.717) is 48.7 Å². The molecule has 0 amide bonds. The maximum atomic E-state index is 14.3. The molecule has 0 bridgehead atoms. The molecule has 5 aromatic rings. The highest BCUT2D eigenvalue weighted by Crippen LogP contribution is 2.39. The topological polar surface area (TPSA) is 163 Å². The number of ether oxygens (including phenoxy) is 5. The minimum atomic E-state index is -1.02. The number of nitrogens with zero attached hydrogens (tertiary/aromatic N) is 4. The normalized spacial score (nSPS) is 11.5. The fourth-order valence-corrected chi connectivity index (χ4v) is 7.60. The van der Waals surface area contributed by atoms with Gasteiger partial charge in [-0.2, -0.15) is 5.10 Å². The Kier molecular flexibility index (Phi) is 14.4. The zero-order valence-electron chi connectivity index (χ0n) is 35.9. The number of nitro groups is 1. The second-order valence-electron chi connectivity index (χ2n) is 15.7. The minimum absolute atomic E-state index is 0.151. The van der Waals surface area contributed by atoms with E-state index in [2.05, 4.69) is 6.07 Å². The van der Waals surface area contributed by atoms with E-state index in [1.807, 2.05) is 89.0 Å². The number of carbonyl (C=O) groups is 3. The third kappa shape index (κ3) is 9.99. The molecule has 14 nitrogen and oxygen atoms in total. The average Bonchev–Trinajstić information content (AvgIpc) is 3.65. The first-order valence-corrected chi connectivity index (χ1v) is 20.1. The molecule has 0 atom stereocenters. The van der Waals surface area contributed by atoms with Gasteiger partial charge in [-0.15, -0.1) is 0 Å². The number of aromatic nitrogens is 3. The molecule has 0 N–H and O–H groups in total. The Labute approximate surface area is 354 Å². The molecule has 0 fully saturated rings. The zero-order chi connectivity index (χ0) is 44.1. The zero-order valence-corrected chi connectivity index (χ0v) is 36.7. The second-order valence-corrected chi connectivity index (χ2v) is 16.0. The molecule has 0 aliphatic carbocycles. The Balaban J connectivity index is 1.46. The van der Waals surface area contributed by atoms with Crippen LogP contribution in [0, 0.1) is 37.8 Å². The third-order valence-corrected chi connectivity index (χ3v) is 10.8. The maximum Gasteiger partial charge on any atom is 0.355 e. The van der Waals surface area contributed by atoms with Gasteiger partial charge in [0.25, 0.3) is 5.69 Å². The maximum absolute atomic E-state index is 14.3. The van der Waals surface area contributed by atoms with E-state index in [1.54, 1.807) is 0 Å². The Morgan fingerprint density at radius 2 is 1.57 bits per heavy atom. The number of hydrogen-bond acceptors (Lipinski definition) is 11. The molecule has 320 valence electrons. The Bertz CT molecular complexity index is 2420. The molecule has 0 saturated heterocycles. The van der Waals surface area contributed by atoms with Crippen LogP contribution in [-0.2, 0) is 45.4 Å². The molecule has 0 saturated carbocycles. The molecule has 2 aromatic heterocycles. The number of esters is 3. The van der Waals surface area contributed by atoms with Gasteiger partial charge in [-0.1, -0.05) is 29.8 Å². The molecular formula is C45H53ClN4O10. The van der Waals surface area contributed by atoms with Gasteiger partial charge in [-0.05, 0) is 115 Å². The molecule has 3 aromatic carbocycles. The fraction of sp³-hybridized carbons (Fsp3) is 0.422. The van der Waals surface area contributed by atoms with Crippen molar-refractivity contribution in [3.05, 3.63) is 108 Å². The highest BCUT2D eigenvalue weighted by atomic mass is 35.5. The van der Waals surface area contributed by atoms with Crippen molar-refractivity contribution < 1.29 is 43.0 Å². The number of fused-ring (bicyclic) bond motifs is 1. The molecule has 60 heavy (non-hydrogen) atoms. The molecule has 0 aliphatic rings. The van der Waals surface area contributed by atoms with Gasteiger partial charge in [0.1, 0.15) is 17.0 Å². The summed E-state index contributed by atoms with van der Waals surface area (Å²) in [6.45, 7) is 14.6. The van der Waals surface area contributed by atoms with Gasteiger partial charge in [0, 0.05) is 53.5 Å². The summed E-state index contributed by atoms with van der Waals surface area (Å²) in [6, 6.07) is 12.5. The van der Waals surface area contributed by atoms with Gasteiger partial charge in [0.15, 0.2) is 5.56 Å². The van der Waals surface area contributed by atoms with Crippen molar-refractivity contribution in [1.29, 1.82) is 0 Å². The largest absolute Gasteiger partial charge is 0.494 e. The number of nitro benzene ring substituents is 1. The van der Waals surface area contributed by atoms with E-state index in [0.717, 1.165) is 70.1 Å². The average molecular weight is 845 g/mol. The molecule has 5 rings (SSSR count). The van der Waals surface area contributed by atoms with Gasteiger partial charge >= 0.3 is 17.9 Å². The lowest BCUT2D eigenvalue weighted by Crippen LogP contribution is -2.26. The lowest BCUT2D eigenvalue weighted by molar-refractivity contribution is -0.385. The summed E-state index contributed by atoms with van der Waals surface area (Å²) in [4.78, 5) is 50.5. The number of hydrogen-bond donors (Lipinski definition) is 0. The molecule has 0 spiro atoms. The number of rotatable bonds is 17. The summed E-state index contributed by atoms with van der Waals surface area (Å²) in [5.41, 5.74) is 6.15. The molecular weight excluding hydrogens is 792 g/mol. The Morgan fingerprint density at radius 1 is 0.883 bits per heavy atom. The summed E-state index contributed by atoms with van der Waals surface area (Å²) >= 11 is 6.40. The summed E-state index contributed by atoms with van der Waals surface area (Å²) < 4.78 is 31.7. The molecule has 0 radical (unpaired) electrons. The minimum Gasteiger partial charge on any atom is -0.494 e. The highest BCUT2D eigenvalue weighted by molar-refractivity contribution is 6.32. The molecule has 15 heteroatoms. The van der Waals surface area contributed by atoms with E-state index in [1.165, 1.54) is 12.1 Å². The van der Waals surface area contributed by atoms with Gasteiger partial charge in [-0.3, -0.25) is 14.8 Å². The Hall–Kier alpha value is -5.73. The van der Waals surface area contributed by atoms with Crippen molar-refractivity contribution in [3.63, 3.8) is 0 Å². The van der Waals surface area contributed by atoms with Crippen LogP contribution in [0.5, 0.6) is 5.75 Å². The van der Waals surface area contributed by atoms with Crippen LogP contribution in [0.2, 0.25) is 5.02 Å². The standard InChI is InChI=1S/C45H53ClN4O10/c1-26-22-31(23-27(2)39(26)46)59-20-12-16-33-32-14-11-15-34(37-28(3)47-48(8)29(37)4)40(32)49(41(33)44(53)60-45(5,6)7)18-13-19-58-21-17-30-24-35(42(51)56-9)38(43(52)57-10)36(25-30)50(54)55/h11,14-15,22-25H,12-13,16-21H2,1-10H3. The monoisotopic (exact) mass is 844 g/mol. The summed E-state index contributed by atoms with van der Waals surface area (Å²) in [7, 11) is 4.10. The van der Waals surface area contributed by atoms with Crippen LogP contribution < -0.4 is 4.74 Å². The smallest absolute Gasteiger partial charge is 0.355 e. The van der Waals surface area contributed by atoms with Gasteiger partial charge in [-0.25, -0.2) is 14.4 Å². The number of aryl methyl sites for hydroxylation is 6. The van der Waals surface area contributed by atoms with Crippen molar-refractivity contribution in [2.75, 3.05) is 34.0 Å². The predicted molar refractivity (Wildman–Crippen MR) is 228 cm³/mol. The second kappa shape index (κ2) is 19.1. The van der Waals surface area contributed by atoms with Crippen LogP contribution in [0.25, 0.3) is 22.0 Å². The first-order chi connectivity index (χ1) is 28.4. The third-order valence-electron chi connectivity index (χ3n) is 10.2. The van der Waals surface area contributed by atoms with Crippen molar-refractivity contribution >= 4 is 46.1 Å². The van der Waals surface area contributed by atoms with Crippen LogP contribution in [0.4, 0.5) is 5.69 Å². The van der Waals surface area contributed by atoms with Crippen molar-refractivity contribution in [1.82, 2.24) is 14.3 Å². The van der Waals surface area contributed by atoms with Crippen LogP contribution in [0.1, 0.15) is 98.5 Å². The molecule has 0 aliphatic heterocycles. The van der Waals surface area contributed by atoms with Crippen molar-refractivity contribution in [3.8, 4) is 16.9 Å². The van der Waals surface area contributed by atoms with Crippen LogP contribution in [0.3, 0.4) is 0 Å². The van der Waals surface area contributed by atoms with E-state index in [9.17, 15) is 24.5 Å². The number of halogens is 1. The SMILES string of the molecule is COC(=O)c1cc(CCOCCCn2c(C(=O)OC(C)(C)C)c(CCCOc3cc(C)c(Cl)c(C)c3)c3cccc(-c4c(C)nn(C)c4C)c32)cc([N+](=O)[O-])c1C(=O)OC. The fourth-order valence-electron chi connectivity index (χ4n) is 7.49. The van der Waals surface area contributed by atoms with Crippen molar-refractivity contribution in [2.24, 2.45) is 7.05 Å². The highest BCUT2D eigenvalue weighted by Gasteiger charge is 2.31. The van der Waals surface area contributed by atoms with E-state index in [4.69, 9.17) is 40.4 Å². The van der Waals surface area contributed by atoms with E-state index >= 15 is 0 Å².